The number of ether oxygens (including phenoxy) is 1. The molecule has 4 rings (SSSR count). The number of hydrogen-bond donors (Lipinski definition) is 2. The number of H-pyrrole nitrogens is 1. The van der Waals surface area contributed by atoms with E-state index in [1.807, 2.05) is 31.2 Å². The topological polar surface area (TPSA) is 116 Å². The van der Waals surface area contributed by atoms with Crippen molar-refractivity contribution in [2.24, 2.45) is 0 Å². The summed E-state index contributed by atoms with van der Waals surface area (Å²) in [5.74, 6) is 0.706. The molecule has 2 aromatic heterocycles. The van der Waals surface area contributed by atoms with Gasteiger partial charge in [-0.2, -0.15) is 5.26 Å². The van der Waals surface area contributed by atoms with Crippen LogP contribution in [0.3, 0.4) is 0 Å². The van der Waals surface area contributed by atoms with Gasteiger partial charge < -0.3 is 10.5 Å². The van der Waals surface area contributed by atoms with Gasteiger partial charge in [-0.15, -0.1) is 0 Å². The number of aromatic nitrogens is 1. The third-order valence-corrected chi connectivity index (χ3v) is 6.21. The highest BCUT2D eigenvalue weighted by Gasteiger charge is 2.27. The quantitative estimate of drug-likeness (QED) is 0.428. The molecule has 0 bridgehead atoms. The predicted molar refractivity (Wildman–Crippen MR) is 123 cm³/mol. The van der Waals surface area contributed by atoms with Crippen molar-refractivity contribution in [2.75, 3.05) is 18.1 Å². The van der Waals surface area contributed by atoms with E-state index < -0.39 is 0 Å². The molecule has 0 atom stereocenters. The molecule has 0 unspecified atom stereocenters. The first-order valence-corrected chi connectivity index (χ1v) is 10.6. The first kappa shape index (κ1) is 20.7. The number of thiophene rings is 1. The van der Waals surface area contributed by atoms with Crippen LogP contribution in [0.25, 0.3) is 21.3 Å². The lowest BCUT2D eigenvalue weighted by atomic mass is 9.96. The zero-order valence-electron chi connectivity index (χ0n) is 16.5. The number of nitriles is 1. The molecular formula is C23H18ClN4O2S+. The Bertz CT molecular complexity index is 1340. The Hall–Kier alpha value is -3.60. The molecule has 2 aromatic carbocycles. The van der Waals surface area contributed by atoms with E-state index in [1.165, 1.54) is 11.3 Å². The van der Waals surface area contributed by atoms with Crippen LogP contribution in [0.2, 0.25) is 5.02 Å². The summed E-state index contributed by atoms with van der Waals surface area (Å²) in [6.07, 6.45) is 0. The van der Waals surface area contributed by atoms with E-state index in [-0.39, 0.29) is 17.2 Å². The number of nitrogens with one attached hydrogen (secondary N) is 1. The molecule has 0 aliphatic rings. The fourth-order valence-corrected chi connectivity index (χ4v) is 4.64. The first-order chi connectivity index (χ1) is 14.9. The molecule has 4 aromatic rings. The molecule has 154 valence electrons. The van der Waals surface area contributed by atoms with Gasteiger partial charge in [0.15, 0.2) is 4.83 Å². The highest BCUT2D eigenvalue weighted by Crippen LogP contribution is 2.42. The lowest BCUT2D eigenvalue weighted by Crippen LogP contribution is -2.13. The van der Waals surface area contributed by atoms with Gasteiger partial charge in [0.25, 0.3) is 5.82 Å². The van der Waals surface area contributed by atoms with E-state index >= 15 is 0 Å². The SMILES string of the molecule is CCOc1ccc(-c2c(C#N)c(N)[nH+]c3sc(C(=O)c4ccc(Cl)cc4)c(N)c23)cc1. The number of halogens is 1. The molecule has 0 radical (unpaired) electrons. The van der Waals surface area contributed by atoms with Crippen molar-refractivity contribution in [3.05, 3.63) is 69.6 Å². The van der Waals surface area contributed by atoms with E-state index in [4.69, 9.17) is 27.8 Å². The maximum absolute atomic E-state index is 13.1. The van der Waals surface area contributed by atoms with E-state index in [0.717, 1.165) is 5.56 Å². The molecular weight excluding hydrogens is 432 g/mol. The Morgan fingerprint density at radius 3 is 2.45 bits per heavy atom. The van der Waals surface area contributed by atoms with Gasteiger partial charge in [-0.1, -0.05) is 35.1 Å². The van der Waals surface area contributed by atoms with Crippen LogP contribution in [0.4, 0.5) is 11.5 Å². The monoisotopic (exact) mass is 449 g/mol. The van der Waals surface area contributed by atoms with Crippen LogP contribution in [0.15, 0.2) is 48.5 Å². The number of benzene rings is 2. The summed E-state index contributed by atoms with van der Waals surface area (Å²) >= 11 is 7.14. The molecule has 0 fully saturated rings. The smallest absolute Gasteiger partial charge is 0.290 e. The van der Waals surface area contributed by atoms with Gasteiger partial charge in [0.05, 0.1) is 17.7 Å². The second kappa shape index (κ2) is 8.26. The van der Waals surface area contributed by atoms with Crippen molar-refractivity contribution in [3.8, 4) is 22.9 Å². The minimum Gasteiger partial charge on any atom is -0.494 e. The maximum atomic E-state index is 13.1. The summed E-state index contributed by atoms with van der Waals surface area (Å²) < 4.78 is 5.51. The molecule has 0 aliphatic carbocycles. The summed E-state index contributed by atoms with van der Waals surface area (Å²) in [7, 11) is 0. The number of nitrogens with two attached hydrogens (primary N) is 2. The Kier molecular flexibility index (Phi) is 5.51. The Labute approximate surface area is 187 Å². The highest BCUT2D eigenvalue weighted by molar-refractivity contribution is 7.21. The van der Waals surface area contributed by atoms with Gasteiger partial charge in [-0.05, 0) is 48.9 Å². The van der Waals surface area contributed by atoms with Crippen LogP contribution in [-0.4, -0.2) is 12.4 Å². The maximum Gasteiger partial charge on any atom is 0.290 e. The summed E-state index contributed by atoms with van der Waals surface area (Å²) in [5.41, 5.74) is 15.0. The number of hydrogen-bond acceptors (Lipinski definition) is 6. The second-order valence-corrected chi connectivity index (χ2v) is 8.20. The summed E-state index contributed by atoms with van der Waals surface area (Å²) in [6.45, 7) is 2.46. The van der Waals surface area contributed by atoms with Crippen LogP contribution in [0, 0.1) is 11.3 Å². The van der Waals surface area contributed by atoms with Crippen LogP contribution in [-0.2, 0) is 0 Å². The molecule has 6 nitrogen and oxygen atoms in total. The summed E-state index contributed by atoms with van der Waals surface area (Å²) in [6, 6.07) is 16.1. The van der Waals surface area contributed by atoms with Gasteiger partial charge in [0, 0.05) is 16.1 Å². The fourth-order valence-electron chi connectivity index (χ4n) is 3.41. The standard InChI is InChI=1S/C23H17ClN4O2S/c1-2-30-15-9-5-12(6-10-15)17-16(11-25)22(27)28-23-18(17)19(26)21(31-23)20(29)13-3-7-14(24)8-4-13/h3-10H,2,26H2,1H3,(H2,27,28)/p+1. The van der Waals surface area contributed by atoms with Crippen molar-refractivity contribution >= 4 is 50.4 Å². The number of pyridine rings is 1. The number of anilines is 2. The number of aromatic amines is 1. The van der Waals surface area contributed by atoms with Crippen LogP contribution >= 0.6 is 22.9 Å². The van der Waals surface area contributed by atoms with Gasteiger partial charge in [0.1, 0.15) is 22.3 Å². The minimum atomic E-state index is -0.224. The largest absolute Gasteiger partial charge is 0.494 e. The van der Waals surface area contributed by atoms with Crippen molar-refractivity contribution < 1.29 is 14.5 Å². The molecule has 0 amide bonds. The van der Waals surface area contributed by atoms with E-state index in [0.29, 0.717) is 49.3 Å². The molecule has 0 saturated heterocycles. The predicted octanol–water partition coefficient (Wildman–Crippen LogP) is 4.70. The number of ketones is 1. The van der Waals surface area contributed by atoms with Gasteiger partial charge in [-0.3, -0.25) is 10.5 Å². The number of nitrogens with zero attached hydrogens (tertiary/aromatic N) is 1. The van der Waals surface area contributed by atoms with Crippen LogP contribution in [0.5, 0.6) is 5.75 Å². The Balaban J connectivity index is 1.94. The molecule has 31 heavy (non-hydrogen) atoms. The van der Waals surface area contributed by atoms with Gasteiger partial charge in [0.2, 0.25) is 5.78 Å². The van der Waals surface area contributed by atoms with E-state index in [9.17, 15) is 10.1 Å². The zero-order chi connectivity index (χ0) is 22.1. The van der Waals surface area contributed by atoms with E-state index in [1.54, 1.807) is 24.3 Å². The summed E-state index contributed by atoms with van der Waals surface area (Å²) in [5, 5.41) is 10.9. The molecule has 5 N–H and O–H groups in total. The average molecular weight is 450 g/mol. The van der Waals surface area contributed by atoms with Crippen LogP contribution in [0.1, 0.15) is 27.7 Å². The number of carbonyl (C=O) groups excluding carboxylic acids is 1. The third-order valence-electron chi connectivity index (χ3n) is 4.84. The first-order valence-electron chi connectivity index (χ1n) is 9.44. The lowest BCUT2D eigenvalue weighted by Gasteiger charge is -2.09. The highest BCUT2D eigenvalue weighted by atomic mass is 35.5. The van der Waals surface area contributed by atoms with Crippen molar-refractivity contribution in [2.45, 2.75) is 6.92 Å². The Morgan fingerprint density at radius 1 is 1.16 bits per heavy atom. The van der Waals surface area contributed by atoms with E-state index in [2.05, 4.69) is 11.1 Å². The lowest BCUT2D eigenvalue weighted by molar-refractivity contribution is -0.323. The zero-order valence-corrected chi connectivity index (χ0v) is 18.1. The van der Waals surface area contributed by atoms with Crippen molar-refractivity contribution in [1.82, 2.24) is 0 Å². The number of nitrogen functional groups attached to an aromatic ring is 2. The molecule has 0 spiro atoms. The number of rotatable bonds is 5. The van der Waals surface area contributed by atoms with Crippen molar-refractivity contribution in [1.29, 1.82) is 5.26 Å². The molecule has 2 heterocycles. The number of carbonyl (C=O) groups is 1. The number of fused-ring (bicyclic) bond motifs is 1. The third kappa shape index (κ3) is 3.67. The van der Waals surface area contributed by atoms with Gasteiger partial charge >= 0.3 is 0 Å². The average Bonchev–Trinajstić information content (AvgIpc) is 3.09. The van der Waals surface area contributed by atoms with Crippen molar-refractivity contribution in [3.63, 3.8) is 0 Å². The molecule has 0 saturated carbocycles. The summed E-state index contributed by atoms with van der Waals surface area (Å²) in [4.78, 5) is 17.1. The molecule has 0 aliphatic heterocycles. The minimum absolute atomic E-state index is 0.214. The fraction of sp³-hybridized carbons (Fsp3) is 0.0870. The normalized spacial score (nSPS) is 10.7. The molecule has 8 heteroatoms. The van der Waals surface area contributed by atoms with Crippen LogP contribution < -0.4 is 21.2 Å². The Morgan fingerprint density at radius 2 is 1.84 bits per heavy atom. The van der Waals surface area contributed by atoms with Gasteiger partial charge in [-0.25, -0.2) is 4.98 Å². The second-order valence-electron chi connectivity index (χ2n) is 6.74.